The summed E-state index contributed by atoms with van der Waals surface area (Å²) in [5, 5.41) is 0. The number of aryl methyl sites for hydroxylation is 2. The quantitative estimate of drug-likeness (QED) is 0.126. The van der Waals surface area contributed by atoms with Gasteiger partial charge in [0.15, 0.2) is 29.8 Å². The second-order valence-electron chi connectivity index (χ2n) is 11.4. The van der Waals surface area contributed by atoms with Gasteiger partial charge in [-0.3, -0.25) is 29.0 Å². The molecule has 0 saturated heterocycles. The molecule has 14 heteroatoms. The van der Waals surface area contributed by atoms with Crippen LogP contribution in [0.2, 0.25) is 0 Å². The highest BCUT2D eigenvalue weighted by Crippen LogP contribution is 2.27. The SMILES string of the molecule is CCCC(=O)OC[C@H](OC(=O)CCC)[C@@H](OC(=O)CCC)[C@H](Cn1c2nc(=O)[nH]c(=O)c-2nc2cc(C)c(C)cc21)OC(=O)CCC. The number of aromatic nitrogens is 4. The van der Waals surface area contributed by atoms with Gasteiger partial charge in [-0.2, -0.15) is 4.98 Å². The van der Waals surface area contributed by atoms with E-state index in [0.29, 0.717) is 36.7 Å². The third-order valence-electron chi connectivity index (χ3n) is 7.38. The third-order valence-corrected chi connectivity index (χ3v) is 7.38. The fourth-order valence-corrected chi connectivity index (χ4v) is 4.94. The highest BCUT2D eigenvalue weighted by Gasteiger charge is 2.40. The number of hydrogen-bond acceptors (Lipinski definition) is 12. The summed E-state index contributed by atoms with van der Waals surface area (Å²) in [6, 6.07) is 3.56. The third kappa shape index (κ3) is 9.93. The fraction of sp³-hybridized carbons (Fsp3) is 0.576. The minimum Gasteiger partial charge on any atom is -0.462 e. The number of carbonyl (C=O) groups excluding carboxylic acids is 4. The van der Waals surface area contributed by atoms with Gasteiger partial charge < -0.3 is 23.5 Å². The Balaban J connectivity index is 2.28. The Morgan fingerprint density at radius 2 is 1.28 bits per heavy atom. The van der Waals surface area contributed by atoms with Crippen molar-refractivity contribution in [3.05, 3.63) is 44.1 Å². The van der Waals surface area contributed by atoms with Gasteiger partial charge in [-0.25, -0.2) is 9.78 Å². The average Bonchev–Trinajstić information content (AvgIpc) is 2.99. The molecule has 2 aliphatic rings. The van der Waals surface area contributed by atoms with Crippen LogP contribution in [0, 0.1) is 13.8 Å². The van der Waals surface area contributed by atoms with E-state index >= 15 is 0 Å². The standard InChI is InChI=1S/C33H44N4O10/c1-7-11-25(38)44-18-24(46-27(40)13-9-3)30(47-28(41)14-10-4)23(45-26(39)12-8-2)17-37-22-16-20(6)19(5)15-21(22)34-29-31(37)35-33(43)36-32(29)42/h15-16,23-24,30H,7-14,17-18H2,1-6H3,(H,36,42,43)/t23-,24-,30-/m0/s1. The van der Waals surface area contributed by atoms with Gasteiger partial charge in [0.25, 0.3) is 5.56 Å². The Labute approximate surface area is 272 Å². The van der Waals surface area contributed by atoms with Gasteiger partial charge in [-0.15, -0.1) is 0 Å². The molecule has 1 aromatic carbocycles. The number of nitrogens with one attached hydrogen (secondary N) is 1. The van der Waals surface area contributed by atoms with Crippen LogP contribution in [-0.2, 0) is 44.7 Å². The smallest absolute Gasteiger partial charge is 0.349 e. The molecule has 14 nitrogen and oxygen atoms in total. The number of H-pyrrole nitrogens is 1. The van der Waals surface area contributed by atoms with Crippen molar-refractivity contribution in [1.29, 1.82) is 0 Å². The van der Waals surface area contributed by atoms with Crippen molar-refractivity contribution in [2.45, 2.75) is 118 Å². The molecule has 1 N–H and O–H groups in total. The van der Waals surface area contributed by atoms with E-state index in [1.165, 1.54) is 4.57 Å². The van der Waals surface area contributed by atoms with Crippen molar-refractivity contribution < 1.29 is 38.1 Å². The van der Waals surface area contributed by atoms with Crippen molar-refractivity contribution in [3.8, 4) is 11.5 Å². The minimum atomic E-state index is -1.46. The predicted molar refractivity (Wildman–Crippen MR) is 171 cm³/mol. The maximum Gasteiger partial charge on any atom is 0.349 e. The van der Waals surface area contributed by atoms with Gasteiger partial charge in [0.05, 0.1) is 17.6 Å². The lowest BCUT2D eigenvalue weighted by molar-refractivity contribution is -0.193. The molecule has 0 spiro atoms. The lowest BCUT2D eigenvalue weighted by Crippen LogP contribution is -2.49. The second-order valence-corrected chi connectivity index (χ2v) is 11.4. The summed E-state index contributed by atoms with van der Waals surface area (Å²) in [6.45, 7) is 10.1. The molecule has 256 valence electrons. The molecule has 1 aromatic rings. The number of nitrogens with zero attached hydrogens (tertiary/aromatic N) is 3. The molecule has 2 heterocycles. The Hall–Kier alpha value is -4.62. The maximum absolute atomic E-state index is 13.1. The number of esters is 4. The largest absolute Gasteiger partial charge is 0.462 e. The van der Waals surface area contributed by atoms with E-state index in [-0.39, 0.29) is 43.7 Å². The Kier molecular flexibility index (Phi) is 13.6. The number of hydrogen-bond donors (Lipinski definition) is 1. The normalized spacial score (nSPS) is 13.1. The summed E-state index contributed by atoms with van der Waals surface area (Å²) in [6.07, 6.45) is -2.20. The van der Waals surface area contributed by atoms with Crippen molar-refractivity contribution in [2.24, 2.45) is 0 Å². The monoisotopic (exact) mass is 656 g/mol. The number of fused-ring (bicyclic) bond motifs is 2. The maximum atomic E-state index is 13.1. The van der Waals surface area contributed by atoms with Crippen molar-refractivity contribution in [1.82, 2.24) is 19.5 Å². The predicted octanol–water partition coefficient (Wildman–Crippen LogP) is 3.68. The lowest BCUT2D eigenvalue weighted by Gasteiger charge is -2.33. The molecule has 0 aliphatic carbocycles. The van der Waals surface area contributed by atoms with Crippen LogP contribution in [0.25, 0.3) is 22.6 Å². The average molecular weight is 657 g/mol. The Morgan fingerprint density at radius 1 is 0.745 bits per heavy atom. The zero-order valence-electron chi connectivity index (χ0n) is 27.9. The first-order valence-electron chi connectivity index (χ1n) is 16.1. The van der Waals surface area contributed by atoms with Gasteiger partial charge in [0.1, 0.15) is 6.61 Å². The number of ether oxygens (including phenoxy) is 4. The molecule has 2 aliphatic heterocycles. The van der Waals surface area contributed by atoms with Gasteiger partial charge >= 0.3 is 29.6 Å². The Morgan fingerprint density at radius 3 is 1.87 bits per heavy atom. The van der Waals surface area contributed by atoms with Gasteiger partial charge in [0.2, 0.25) is 0 Å². The molecule has 0 radical (unpaired) electrons. The van der Waals surface area contributed by atoms with Crippen LogP contribution in [0.4, 0.5) is 0 Å². The number of rotatable bonds is 17. The zero-order valence-corrected chi connectivity index (χ0v) is 27.9. The Bertz CT molecular complexity index is 1660. The molecule has 0 unspecified atom stereocenters. The first-order valence-corrected chi connectivity index (χ1v) is 16.1. The molecular weight excluding hydrogens is 612 g/mol. The molecule has 3 rings (SSSR count). The first kappa shape index (κ1) is 36.8. The number of aromatic amines is 1. The first-order chi connectivity index (χ1) is 22.4. The van der Waals surface area contributed by atoms with E-state index in [2.05, 4.69) is 15.0 Å². The van der Waals surface area contributed by atoms with Crippen molar-refractivity contribution >= 4 is 34.9 Å². The van der Waals surface area contributed by atoms with E-state index in [4.69, 9.17) is 18.9 Å². The van der Waals surface area contributed by atoms with Crippen LogP contribution in [0.5, 0.6) is 0 Å². The van der Waals surface area contributed by atoms with Crippen LogP contribution in [0.1, 0.15) is 90.2 Å². The zero-order chi connectivity index (χ0) is 34.7. The van der Waals surface area contributed by atoms with Crippen molar-refractivity contribution in [2.75, 3.05) is 6.61 Å². The van der Waals surface area contributed by atoms with Gasteiger partial charge in [-0.05, 0) is 62.8 Å². The molecule has 0 aromatic heterocycles. The summed E-state index contributed by atoms with van der Waals surface area (Å²) in [5.74, 6) is -2.59. The summed E-state index contributed by atoms with van der Waals surface area (Å²) < 4.78 is 24.5. The number of carbonyl (C=O) groups is 4. The summed E-state index contributed by atoms with van der Waals surface area (Å²) in [7, 11) is 0. The lowest BCUT2D eigenvalue weighted by atomic mass is 10.0. The number of benzene rings is 1. The van der Waals surface area contributed by atoms with Crippen LogP contribution >= 0.6 is 0 Å². The fourth-order valence-electron chi connectivity index (χ4n) is 4.94. The van der Waals surface area contributed by atoms with E-state index in [9.17, 15) is 28.8 Å². The molecule has 0 fully saturated rings. The molecule has 0 bridgehead atoms. The van der Waals surface area contributed by atoms with Gasteiger partial charge in [0, 0.05) is 25.7 Å². The van der Waals surface area contributed by atoms with E-state index < -0.39 is 60.0 Å². The summed E-state index contributed by atoms with van der Waals surface area (Å²) in [4.78, 5) is 87.4. The topological polar surface area (TPSA) is 186 Å². The second kappa shape index (κ2) is 17.3. The molecular formula is C33H44N4O10. The highest BCUT2D eigenvalue weighted by atomic mass is 16.6. The molecule has 0 saturated carbocycles. The van der Waals surface area contributed by atoms with E-state index in [0.717, 1.165) is 11.1 Å². The summed E-state index contributed by atoms with van der Waals surface area (Å²) >= 11 is 0. The van der Waals surface area contributed by atoms with Crippen LogP contribution in [-0.4, -0.2) is 68.3 Å². The van der Waals surface area contributed by atoms with Crippen LogP contribution in [0.3, 0.4) is 0 Å². The van der Waals surface area contributed by atoms with Gasteiger partial charge in [-0.1, -0.05) is 27.7 Å². The van der Waals surface area contributed by atoms with E-state index in [1.54, 1.807) is 39.8 Å². The minimum absolute atomic E-state index is 0.000577. The molecule has 47 heavy (non-hydrogen) atoms. The van der Waals surface area contributed by atoms with E-state index in [1.807, 2.05) is 13.8 Å². The van der Waals surface area contributed by atoms with Crippen LogP contribution < -0.4 is 11.2 Å². The molecule has 0 amide bonds. The summed E-state index contributed by atoms with van der Waals surface area (Å²) in [5.41, 5.74) is 0.757. The van der Waals surface area contributed by atoms with Crippen molar-refractivity contribution in [3.63, 3.8) is 0 Å². The molecule has 3 atom stereocenters. The van der Waals surface area contributed by atoms with Crippen LogP contribution in [0.15, 0.2) is 21.7 Å². The highest BCUT2D eigenvalue weighted by molar-refractivity contribution is 5.81.